The van der Waals surface area contributed by atoms with Crippen LogP contribution < -0.4 is 9.64 Å². The van der Waals surface area contributed by atoms with Crippen molar-refractivity contribution >= 4 is 28.4 Å². The Morgan fingerprint density at radius 2 is 1.59 bits per heavy atom. The maximum atomic E-state index is 6.97. The Hall–Kier alpha value is -3.59. The highest BCUT2D eigenvalue weighted by Crippen LogP contribution is 2.55. The van der Waals surface area contributed by atoms with Crippen molar-refractivity contribution in [3.63, 3.8) is 0 Å². The second kappa shape index (κ2) is 6.70. The largest absolute Gasteiger partial charge is 0.459 e. The highest BCUT2D eigenvalue weighted by molar-refractivity contribution is 5.99. The molecule has 6 rings (SSSR count). The van der Waals surface area contributed by atoms with Crippen LogP contribution in [0.2, 0.25) is 0 Å². The summed E-state index contributed by atoms with van der Waals surface area (Å²) in [7, 11) is 0. The SMILES string of the molecule is Cc1ccc(CN2c3ccccc3C(C)(C)C23C=Nc2c(ccc4ccccc24)O3)cc1. The molecular weight excluding hydrogens is 392 g/mol. The lowest BCUT2D eigenvalue weighted by Gasteiger charge is -2.46. The Balaban J connectivity index is 1.52. The number of aryl methyl sites for hydroxylation is 1. The van der Waals surface area contributed by atoms with Crippen molar-refractivity contribution in [2.24, 2.45) is 4.99 Å². The van der Waals surface area contributed by atoms with Gasteiger partial charge in [0.05, 0.1) is 11.6 Å². The summed E-state index contributed by atoms with van der Waals surface area (Å²) in [5.41, 5.74) is 4.91. The summed E-state index contributed by atoms with van der Waals surface area (Å²) < 4.78 is 6.97. The van der Waals surface area contributed by atoms with Crippen molar-refractivity contribution in [3.05, 3.63) is 102 Å². The van der Waals surface area contributed by atoms with Crippen LogP contribution in [0.25, 0.3) is 10.8 Å². The zero-order valence-electron chi connectivity index (χ0n) is 18.7. The monoisotopic (exact) mass is 418 g/mol. The molecule has 0 saturated carbocycles. The van der Waals surface area contributed by atoms with Crippen molar-refractivity contribution in [3.8, 4) is 5.75 Å². The molecule has 0 amide bonds. The molecular formula is C29H26N2O. The van der Waals surface area contributed by atoms with E-state index in [0.29, 0.717) is 0 Å². The average Bonchev–Trinajstić information content (AvgIpc) is 2.99. The van der Waals surface area contributed by atoms with E-state index in [1.807, 2.05) is 6.21 Å². The Morgan fingerprint density at radius 3 is 2.44 bits per heavy atom. The number of nitrogens with zero attached hydrogens (tertiary/aromatic N) is 2. The Labute approximate surface area is 189 Å². The predicted molar refractivity (Wildman–Crippen MR) is 132 cm³/mol. The molecule has 0 fully saturated rings. The zero-order chi connectivity index (χ0) is 21.9. The lowest BCUT2D eigenvalue weighted by molar-refractivity contribution is 0.0764. The number of hydrogen-bond donors (Lipinski definition) is 0. The summed E-state index contributed by atoms with van der Waals surface area (Å²) in [5.74, 6) is 0.834. The highest BCUT2D eigenvalue weighted by atomic mass is 16.5. The van der Waals surface area contributed by atoms with Crippen LogP contribution in [0.5, 0.6) is 5.75 Å². The molecule has 4 aromatic carbocycles. The second-order valence-corrected chi connectivity index (χ2v) is 9.40. The van der Waals surface area contributed by atoms with Gasteiger partial charge in [0, 0.05) is 17.6 Å². The number of benzene rings is 4. The fraction of sp³-hybridized carbons (Fsp3) is 0.207. The lowest BCUT2D eigenvalue weighted by Crippen LogP contribution is -2.61. The van der Waals surface area contributed by atoms with Gasteiger partial charge in [0.2, 0.25) is 5.72 Å². The van der Waals surface area contributed by atoms with Crippen LogP contribution >= 0.6 is 0 Å². The summed E-state index contributed by atoms with van der Waals surface area (Å²) in [6, 6.07) is 30.0. The van der Waals surface area contributed by atoms with Gasteiger partial charge < -0.3 is 9.64 Å². The van der Waals surface area contributed by atoms with Crippen molar-refractivity contribution in [1.29, 1.82) is 0 Å². The topological polar surface area (TPSA) is 24.8 Å². The van der Waals surface area contributed by atoms with Crippen LogP contribution in [0.3, 0.4) is 0 Å². The number of ether oxygens (including phenoxy) is 1. The van der Waals surface area contributed by atoms with Crippen LogP contribution in [-0.2, 0) is 12.0 Å². The van der Waals surface area contributed by atoms with E-state index >= 15 is 0 Å². The van der Waals surface area contributed by atoms with E-state index in [1.165, 1.54) is 27.8 Å². The molecule has 0 radical (unpaired) electrons. The van der Waals surface area contributed by atoms with Gasteiger partial charge in [-0.05, 0) is 49.4 Å². The maximum absolute atomic E-state index is 6.97. The molecule has 0 N–H and O–H groups in total. The molecule has 0 aromatic heterocycles. The highest BCUT2D eigenvalue weighted by Gasteiger charge is 2.59. The summed E-state index contributed by atoms with van der Waals surface area (Å²) >= 11 is 0. The lowest BCUT2D eigenvalue weighted by atomic mass is 9.77. The minimum absolute atomic E-state index is 0.291. The molecule has 1 unspecified atom stereocenters. The third kappa shape index (κ3) is 2.57. The fourth-order valence-corrected chi connectivity index (χ4v) is 5.24. The van der Waals surface area contributed by atoms with E-state index in [0.717, 1.165) is 23.4 Å². The Morgan fingerprint density at radius 1 is 0.844 bits per heavy atom. The first-order valence-electron chi connectivity index (χ1n) is 11.2. The van der Waals surface area contributed by atoms with Gasteiger partial charge in [-0.1, -0.05) is 78.4 Å². The summed E-state index contributed by atoms with van der Waals surface area (Å²) in [5, 5.41) is 2.29. The Bertz CT molecular complexity index is 1370. The minimum atomic E-state index is -0.711. The Kier molecular flexibility index (Phi) is 4.00. The van der Waals surface area contributed by atoms with Crippen molar-refractivity contribution in [2.75, 3.05) is 4.90 Å². The van der Waals surface area contributed by atoms with Crippen LogP contribution in [-0.4, -0.2) is 11.9 Å². The number of fused-ring (bicyclic) bond motifs is 4. The van der Waals surface area contributed by atoms with Gasteiger partial charge in [0.15, 0.2) is 0 Å². The quantitative estimate of drug-likeness (QED) is 0.352. The molecule has 4 aromatic rings. The van der Waals surface area contributed by atoms with Crippen LogP contribution in [0.15, 0.2) is 89.9 Å². The molecule has 2 heterocycles. The molecule has 1 atom stereocenters. The van der Waals surface area contributed by atoms with Gasteiger partial charge in [-0.15, -0.1) is 0 Å². The molecule has 3 nitrogen and oxygen atoms in total. The van der Waals surface area contributed by atoms with E-state index in [4.69, 9.17) is 9.73 Å². The standard InChI is InChI=1S/C29H26N2O/c1-20-12-14-21(15-13-20)18-31-25-11-7-6-10-24(25)28(2,3)29(31)19-30-27-23-9-5-4-8-22(23)16-17-26(27)32-29/h4-17,19H,18H2,1-3H3. The molecule has 32 heavy (non-hydrogen) atoms. The van der Waals surface area contributed by atoms with E-state index in [2.05, 4.69) is 111 Å². The molecule has 0 bridgehead atoms. The van der Waals surface area contributed by atoms with E-state index < -0.39 is 5.72 Å². The van der Waals surface area contributed by atoms with Gasteiger partial charge in [-0.2, -0.15) is 0 Å². The number of aliphatic imine (C=N–C) groups is 1. The minimum Gasteiger partial charge on any atom is -0.459 e. The second-order valence-electron chi connectivity index (χ2n) is 9.40. The first-order chi connectivity index (χ1) is 15.5. The number of rotatable bonds is 2. The first kappa shape index (κ1) is 19.1. The van der Waals surface area contributed by atoms with Gasteiger partial charge in [-0.25, -0.2) is 0 Å². The molecule has 2 aliphatic rings. The number of para-hydroxylation sites is 1. The van der Waals surface area contributed by atoms with Gasteiger partial charge in [0.1, 0.15) is 11.4 Å². The van der Waals surface area contributed by atoms with Crippen LogP contribution in [0.1, 0.15) is 30.5 Å². The summed E-state index contributed by atoms with van der Waals surface area (Å²) in [4.78, 5) is 7.43. The van der Waals surface area contributed by atoms with Gasteiger partial charge in [0.25, 0.3) is 0 Å². The molecule has 2 aliphatic heterocycles. The average molecular weight is 419 g/mol. The molecule has 1 spiro atoms. The molecule has 158 valence electrons. The van der Waals surface area contributed by atoms with Gasteiger partial charge in [-0.3, -0.25) is 4.99 Å². The van der Waals surface area contributed by atoms with E-state index in [9.17, 15) is 0 Å². The number of hydrogen-bond acceptors (Lipinski definition) is 3. The maximum Gasteiger partial charge on any atom is 0.229 e. The first-order valence-corrected chi connectivity index (χ1v) is 11.2. The normalized spacial score (nSPS) is 20.3. The fourth-order valence-electron chi connectivity index (χ4n) is 5.24. The summed E-state index contributed by atoms with van der Waals surface area (Å²) in [6.07, 6.45) is 2.04. The van der Waals surface area contributed by atoms with Crippen molar-refractivity contribution < 1.29 is 4.74 Å². The van der Waals surface area contributed by atoms with Crippen molar-refractivity contribution in [1.82, 2.24) is 0 Å². The molecule has 3 heteroatoms. The van der Waals surface area contributed by atoms with Crippen LogP contribution in [0, 0.1) is 6.92 Å². The number of anilines is 1. The smallest absolute Gasteiger partial charge is 0.229 e. The molecule has 0 aliphatic carbocycles. The van der Waals surface area contributed by atoms with Crippen LogP contribution in [0.4, 0.5) is 11.4 Å². The summed E-state index contributed by atoms with van der Waals surface area (Å²) in [6.45, 7) is 7.39. The van der Waals surface area contributed by atoms with E-state index in [1.54, 1.807) is 0 Å². The third-order valence-corrected chi connectivity index (χ3v) is 7.12. The predicted octanol–water partition coefficient (Wildman–Crippen LogP) is 6.94. The molecule has 0 saturated heterocycles. The zero-order valence-corrected chi connectivity index (χ0v) is 18.7. The van der Waals surface area contributed by atoms with Gasteiger partial charge >= 0.3 is 0 Å². The van der Waals surface area contributed by atoms with E-state index in [-0.39, 0.29) is 5.41 Å². The van der Waals surface area contributed by atoms with Crippen molar-refractivity contribution in [2.45, 2.75) is 38.5 Å². The third-order valence-electron chi connectivity index (χ3n) is 7.12.